The van der Waals surface area contributed by atoms with E-state index in [1.165, 1.54) is 0 Å². The van der Waals surface area contributed by atoms with Crippen LogP contribution in [0.4, 0.5) is 0 Å². The maximum Gasteiger partial charge on any atom is 0.236 e. The Balaban J connectivity index is 2.00. The van der Waals surface area contributed by atoms with E-state index in [1.54, 1.807) is 4.90 Å². The van der Waals surface area contributed by atoms with E-state index in [9.17, 15) is 9.90 Å². The molecule has 0 radical (unpaired) electrons. The predicted molar refractivity (Wildman–Crippen MR) is 94.2 cm³/mol. The summed E-state index contributed by atoms with van der Waals surface area (Å²) in [5.74, 6) is 0.219. The van der Waals surface area contributed by atoms with E-state index in [-0.39, 0.29) is 30.7 Å². The van der Waals surface area contributed by atoms with Gasteiger partial charge in [0, 0.05) is 25.0 Å². The summed E-state index contributed by atoms with van der Waals surface area (Å²) in [5.41, 5.74) is -0.643. The van der Waals surface area contributed by atoms with E-state index < -0.39 is 5.60 Å². The minimum atomic E-state index is -0.643. The van der Waals surface area contributed by atoms with Gasteiger partial charge >= 0.3 is 0 Å². The fraction of sp³-hybridized carbons (Fsp3) is 0.842. The minimum absolute atomic E-state index is 0.00662. The molecule has 0 unspecified atom stereocenters. The Labute approximate surface area is 151 Å². The van der Waals surface area contributed by atoms with Gasteiger partial charge in [-0.15, -0.1) is 0 Å². The lowest BCUT2D eigenvalue weighted by Gasteiger charge is -2.43. The van der Waals surface area contributed by atoms with Gasteiger partial charge in [0.15, 0.2) is 0 Å². The zero-order valence-electron chi connectivity index (χ0n) is 15.3. The summed E-state index contributed by atoms with van der Waals surface area (Å²) in [6.45, 7) is 3.93. The van der Waals surface area contributed by atoms with Crippen molar-refractivity contribution in [1.82, 2.24) is 9.80 Å². The van der Waals surface area contributed by atoms with E-state index >= 15 is 0 Å². The van der Waals surface area contributed by atoms with Crippen LogP contribution < -0.4 is 0 Å². The summed E-state index contributed by atoms with van der Waals surface area (Å²) >= 11 is 0. The number of hydrogen-bond acceptors (Lipinski definition) is 5. The third-order valence-corrected chi connectivity index (χ3v) is 5.80. The molecule has 6 heteroatoms. The first-order valence-corrected chi connectivity index (χ1v) is 9.47. The van der Waals surface area contributed by atoms with Gasteiger partial charge in [-0.2, -0.15) is 10.5 Å². The van der Waals surface area contributed by atoms with Crippen LogP contribution in [0.5, 0.6) is 0 Å². The lowest BCUT2D eigenvalue weighted by atomic mass is 9.72. The number of rotatable bonds is 7. The summed E-state index contributed by atoms with van der Waals surface area (Å²) < 4.78 is 0. The Morgan fingerprint density at radius 2 is 1.88 bits per heavy atom. The molecule has 2 rings (SSSR count). The van der Waals surface area contributed by atoms with Crippen LogP contribution in [-0.4, -0.2) is 58.6 Å². The molecule has 138 valence electrons. The SMILES string of the molecule is C[C@]1(O)CCCC[C@H]1[C@H]1CCCN1CC(=O)N(CCC#N)CCC#N. The number of likely N-dealkylation sites (tertiary alicyclic amines) is 1. The van der Waals surface area contributed by atoms with Crippen LogP contribution in [0.2, 0.25) is 0 Å². The van der Waals surface area contributed by atoms with Gasteiger partial charge in [0.25, 0.3) is 0 Å². The molecule has 6 nitrogen and oxygen atoms in total. The second-order valence-corrected chi connectivity index (χ2v) is 7.59. The van der Waals surface area contributed by atoms with Gasteiger partial charge in [0.1, 0.15) is 0 Å². The molecular formula is C19H30N4O2. The third-order valence-electron chi connectivity index (χ3n) is 5.80. The molecule has 0 aromatic carbocycles. The van der Waals surface area contributed by atoms with Crippen LogP contribution in [-0.2, 0) is 4.79 Å². The van der Waals surface area contributed by atoms with Gasteiger partial charge in [-0.25, -0.2) is 0 Å². The Bertz CT molecular complexity index is 517. The molecule has 0 aromatic heterocycles. The van der Waals surface area contributed by atoms with Crippen LogP contribution >= 0.6 is 0 Å². The number of carbonyl (C=O) groups excluding carboxylic acids is 1. The van der Waals surface area contributed by atoms with Crippen molar-refractivity contribution < 1.29 is 9.90 Å². The average molecular weight is 346 g/mol. The van der Waals surface area contributed by atoms with Crippen LogP contribution in [0.25, 0.3) is 0 Å². The number of nitriles is 2. The Morgan fingerprint density at radius 3 is 2.48 bits per heavy atom. The Kier molecular flexibility index (Phi) is 7.23. The molecular weight excluding hydrogens is 316 g/mol. The normalized spacial score (nSPS) is 29.8. The van der Waals surface area contributed by atoms with Gasteiger partial charge in [-0.05, 0) is 39.2 Å². The van der Waals surface area contributed by atoms with Gasteiger partial charge in [0.2, 0.25) is 5.91 Å². The molecule has 1 saturated heterocycles. The van der Waals surface area contributed by atoms with E-state index in [4.69, 9.17) is 10.5 Å². The fourth-order valence-corrected chi connectivity index (χ4v) is 4.46. The molecule has 1 saturated carbocycles. The van der Waals surface area contributed by atoms with Gasteiger partial charge in [0.05, 0.1) is 37.1 Å². The first kappa shape index (κ1) is 19.7. The van der Waals surface area contributed by atoms with Crippen molar-refractivity contribution in [2.75, 3.05) is 26.2 Å². The summed E-state index contributed by atoms with van der Waals surface area (Å²) in [4.78, 5) is 16.6. The number of carbonyl (C=O) groups is 1. The summed E-state index contributed by atoms with van der Waals surface area (Å²) in [6, 6.07) is 4.40. The smallest absolute Gasteiger partial charge is 0.236 e. The molecule has 1 aliphatic carbocycles. The molecule has 2 aliphatic rings. The molecule has 0 spiro atoms. The molecule has 0 aromatic rings. The number of amides is 1. The highest BCUT2D eigenvalue weighted by atomic mass is 16.3. The maximum absolute atomic E-state index is 12.7. The number of nitrogens with zero attached hydrogens (tertiary/aromatic N) is 4. The van der Waals surface area contributed by atoms with Crippen LogP contribution in [0.15, 0.2) is 0 Å². The molecule has 1 N–H and O–H groups in total. The highest BCUT2D eigenvalue weighted by Crippen LogP contribution is 2.40. The molecule has 2 fully saturated rings. The topological polar surface area (TPSA) is 91.4 Å². The molecule has 0 bridgehead atoms. The highest BCUT2D eigenvalue weighted by molar-refractivity contribution is 5.78. The van der Waals surface area contributed by atoms with E-state index in [0.29, 0.717) is 19.6 Å². The van der Waals surface area contributed by atoms with Crippen molar-refractivity contribution >= 4 is 5.91 Å². The monoisotopic (exact) mass is 346 g/mol. The standard InChI is InChI=1S/C19H30N4O2/c1-19(25)9-3-2-7-16(19)17-8-4-12-23(17)15-18(24)22(13-5-10-20)14-6-11-21/h16-17,25H,2-9,12-15H2,1H3/t16-,17+,19-/m0/s1. The largest absolute Gasteiger partial charge is 0.390 e. The number of hydrogen-bond donors (Lipinski definition) is 1. The summed E-state index contributed by atoms with van der Waals surface area (Å²) in [6.07, 6.45) is 6.75. The minimum Gasteiger partial charge on any atom is -0.390 e. The summed E-state index contributed by atoms with van der Waals surface area (Å²) in [7, 11) is 0. The van der Waals surface area contributed by atoms with Crippen LogP contribution in [0.1, 0.15) is 58.3 Å². The van der Waals surface area contributed by atoms with Crippen molar-refractivity contribution in [2.24, 2.45) is 5.92 Å². The van der Waals surface area contributed by atoms with Crippen molar-refractivity contribution in [3.8, 4) is 12.1 Å². The van der Waals surface area contributed by atoms with E-state index in [2.05, 4.69) is 17.0 Å². The van der Waals surface area contributed by atoms with Crippen molar-refractivity contribution in [3.05, 3.63) is 0 Å². The second-order valence-electron chi connectivity index (χ2n) is 7.59. The zero-order chi connectivity index (χ0) is 18.3. The second kappa shape index (κ2) is 9.17. The van der Waals surface area contributed by atoms with Gasteiger partial charge in [-0.3, -0.25) is 9.69 Å². The van der Waals surface area contributed by atoms with Gasteiger partial charge < -0.3 is 10.0 Å². The zero-order valence-corrected chi connectivity index (χ0v) is 15.3. The average Bonchev–Trinajstić information content (AvgIpc) is 3.02. The first-order valence-electron chi connectivity index (χ1n) is 9.47. The third kappa shape index (κ3) is 5.17. The van der Waals surface area contributed by atoms with Gasteiger partial charge in [-0.1, -0.05) is 12.8 Å². The van der Waals surface area contributed by atoms with Crippen molar-refractivity contribution in [1.29, 1.82) is 10.5 Å². The van der Waals surface area contributed by atoms with E-state index in [1.807, 2.05) is 6.92 Å². The first-order chi connectivity index (χ1) is 12.0. The molecule has 25 heavy (non-hydrogen) atoms. The Hall–Kier alpha value is -1.63. The van der Waals surface area contributed by atoms with Crippen molar-refractivity contribution in [2.45, 2.75) is 69.9 Å². The summed E-state index contributed by atoms with van der Waals surface area (Å²) in [5, 5.41) is 28.4. The lowest BCUT2D eigenvalue weighted by molar-refractivity contribution is -0.134. The quantitative estimate of drug-likeness (QED) is 0.762. The van der Waals surface area contributed by atoms with Crippen LogP contribution in [0, 0.1) is 28.6 Å². The predicted octanol–water partition coefficient (Wildman–Crippen LogP) is 2.05. The maximum atomic E-state index is 12.7. The lowest BCUT2D eigenvalue weighted by Crippen LogP contribution is -2.51. The molecule has 1 heterocycles. The van der Waals surface area contributed by atoms with E-state index in [0.717, 1.165) is 45.1 Å². The van der Waals surface area contributed by atoms with Crippen LogP contribution in [0.3, 0.4) is 0 Å². The molecule has 1 aliphatic heterocycles. The number of aliphatic hydroxyl groups is 1. The molecule has 3 atom stereocenters. The Morgan fingerprint density at radius 1 is 1.20 bits per heavy atom. The molecule has 1 amide bonds. The van der Waals surface area contributed by atoms with Crippen molar-refractivity contribution in [3.63, 3.8) is 0 Å². The highest BCUT2D eigenvalue weighted by Gasteiger charge is 2.43. The fourth-order valence-electron chi connectivity index (χ4n) is 4.46.